The summed E-state index contributed by atoms with van der Waals surface area (Å²) >= 11 is 6.69. The zero-order valence-corrected chi connectivity index (χ0v) is 11.8. The van der Waals surface area contributed by atoms with Crippen LogP contribution >= 0.6 is 38.6 Å². The van der Waals surface area contributed by atoms with E-state index in [9.17, 15) is 0 Å². The van der Waals surface area contributed by atoms with Gasteiger partial charge >= 0.3 is 0 Å². The maximum absolute atomic E-state index is 4.60. The van der Waals surface area contributed by atoms with Gasteiger partial charge in [0.15, 0.2) is 0 Å². The zero-order chi connectivity index (χ0) is 11.7. The normalized spacial score (nSPS) is 10.6. The predicted octanol–water partition coefficient (Wildman–Crippen LogP) is 4.70. The van der Waals surface area contributed by atoms with Crippen LogP contribution < -0.4 is 0 Å². The molecule has 0 aliphatic heterocycles. The van der Waals surface area contributed by atoms with Crippen molar-refractivity contribution in [1.29, 1.82) is 0 Å². The van der Waals surface area contributed by atoms with Crippen molar-refractivity contribution in [1.82, 2.24) is 9.97 Å². The van der Waals surface area contributed by atoms with Gasteiger partial charge in [-0.1, -0.05) is 28.1 Å². The maximum Gasteiger partial charge on any atom is 0.142 e. The highest BCUT2D eigenvalue weighted by atomic mass is 79.9. The van der Waals surface area contributed by atoms with E-state index in [4.69, 9.17) is 0 Å². The Balaban J connectivity index is 1.98. The minimum atomic E-state index is 0.961. The van der Waals surface area contributed by atoms with Crippen molar-refractivity contribution < 1.29 is 0 Å². The van der Waals surface area contributed by atoms with Gasteiger partial charge < -0.3 is 0 Å². The second-order valence-corrected chi connectivity index (χ2v) is 6.05. The highest BCUT2D eigenvalue weighted by Crippen LogP contribution is 2.30. The molecule has 2 nitrogen and oxygen atoms in total. The smallest absolute Gasteiger partial charge is 0.142 e. The van der Waals surface area contributed by atoms with Crippen molar-refractivity contribution in [2.24, 2.45) is 0 Å². The van der Waals surface area contributed by atoms with E-state index in [1.54, 1.807) is 28.9 Å². The van der Waals surface area contributed by atoms with Gasteiger partial charge in [-0.2, -0.15) is 0 Å². The molecule has 0 saturated heterocycles. The lowest BCUT2D eigenvalue weighted by Crippen LogP contribution is -1.78. The van der Waals surface area contributed by atoms with Gasteiger partial charge in [0.2, 0.25) is 0 Å². The molecule has 2 heterocycles. The molecule has 2 aromatic heterocycles. The topological polar surface area (TPSA) is 25.8 Å². The number of rotatable bonds is 2. The summed E-state index contributed by atoms with van der Waals surface area (Å²) in [6.07, 6.45) is 1.80. The molecule has 0 fully saturated rings. The van der Waals surface area contributed by atoms with Crippen LogP contribution in [0.25, 0.3) is 21.3 Å². The monoisotopic (exact) mass is 322 g/mol. The highest BCUT2D eigenvalue weighted by molar-refractivity contribution is 9.10. The summed E-state index contributed by atoms with van der Waals surface area (Å²) in [6, 6.07) is 8.18. The van der Waals surface area contributed by atoms with Crippen molar-refractivity contribution in [3.8, 4) is 21.3 Å². The first-order valence-corrected chi connectivity index (χ1v) is 7.49. The third kappa shape index (κ3) is 2.31. The second-order valence-electron chi connectivity index (χ2n) is 3.38. The molecule has 17 heavy (non-hydrogen) atoms. The molecule has 1 aromatic carbocycles. The van der Waals surface area contributed by atoms with Crippen LogP contribution in [-0.2, 0) is 0 Å². The Morgan fingerprint density at radius 2 is 1.82 bits per heavy atom. The fourth-order valence-electron chi connectivity index (χ4n) is 1.45. The zero-order valence-electron chi connectivity index (χ0n) is 8.63. The Bertz CT molecular complexity index is 614. The van der Waals surface area contributed by atoms with Gasteiger partial charge in [0.25, 0.3) is 0 Å². The van der Waals surface area contributed by atoms with Crippen molar-refractivity contribution in [2.45, 2.75) is 0 Å². The second kappa shape index (κ2) is 4.68. The standard InChI is InChI=1S/C12H7BrN2S2/c13-9-3-1-8(2-4-9)11-15-10(7-17-11)12-14-5-6-16-12/h1-7H. The fraction of sp³-hybridized carbons (Fsp3) is 0. The Kier molecular flexibility index (Phi) is 3.05. The van der Waals surface area contributed by atoms with Gasteiger partial charge in [0, 0.05) is 27.0 Å². The van der Waals surface area contributed by atoms with Crippen LogP contribution in [0.5, 0.6) is 0 Å². The summed E-state index contributed by atoms with van der Waals surface area (Å²) in [7, 11) is 0. The summed E-state index contributed by atoms with van der Waals surface area (Å²) in [5.41, 5.74) is 2.10. The lowest BCUT2D eigenvalue weighted by molar-refractivity contribution is 1.34. The summed E-state index contributed by atoms with van der Waals surface area (Å²) in [5, 5.41) is 6.02. The fourth-order valence-corrected chi connectivity index (χ4v) is 3.19. The predicted molar refractivity (Wildman–Crippen MR) is 76.4 cm³/mol. The van der Waals surface area contributed by atoms with Crippen molar-refractivity contribution in [3.05, 3.63) is 45.7 Å². The Morgan fingerprint density at radius 1 is 1.00 bits per heavy atom. The largest absolute Gasteiger partial charge is 0.243 e. The number of thiazole rings is 2. The van der Waals surface area contributed by atoms with Crippen molar-refractivity contribution in [3.63, 3.8) is 0 Å². The Morgan fingerprint density at radius 3 is 2.53 bits per heavy atom. The van der Waals surface area contributed by atoms with Crippen LogP contribution in [0.4, 0.5) is 0 Å². The van der Waals surface area contributed by atoms with Gasteiger partial charge in [0.05, 0.1) is 0 Å². The number of benzene rings is 1. The molecule has 0 aliphatic rings. The van der Waals surface area contributed by atoms with Crippen molar-refractivity contribution in [2.75, 3.05) is 0 Å². The van der Waals surface area contributed by atoms with E-state index in [-0.39, 0.29) is 0 Å². The van der Waals surface area contributed by atoms with Crippen LogP contribution in [-0.4, -0.2) is 9.97 Å². The summed E-state index contributed by atoms with van der Waals surface area (Å²) in [4.78, 5) is 8.87. The van der Waals surface area contributed by atoms with Crippen molar-refractivity contribution >= 4 is 38.6 Å². The molecule has 0 bridgehead atoms. The quantitative estimate of drug-likeness (QED) is 0.683. The molecule has 0 aliphatic carbocycles. The number of aromatic nitrogens is 2. The molecule has 84 valence electrons. The lowest BCUT2D eigenvalue weighted by Gasteiger charge is -1.95. The van der Waals surface area contributed by atoms with Crippen LogP contribution in [0.3, 0.4) is 0 Å². The molecule has 0 saturated carbocycles. The van der Waals surface area contributed by atoms with E-state index in [2.05, 4.69) is 43.4 Å². The first-order chi connectivity index (χ1) is 8.33. The molecule has 0 atom stereocenters. The Labute approximate surface area is 115 Å². The minimum absolute atomic E-state index is 0.961. The van der Waals surface area contributed by atoms with Gasteiger partial charge in [-0.15, -0.1) is 22.7 Å². The van der Waals surface area contributed by atoms with Crippen LogP contribution in [0.15, 0.2) is 45.7 Å². The molecule has 3 rings (SSSR count). The van der Waals surface area contributed by atoms with E-state index in [1.807, 2.05) is 17.5 Å². The van der Waals surface area contributed by atoms with Crippen LogP contribution in [0, 0.1) is 0 Å². The lowest BCUT2D eigenvalue weighted by atomic mass is 10.2. The molecule has 0 amide bonds. The van der Waals surface area contributed by atoms with Crippen LogP contribution in [0.1, 0.15) is 0 Å². The van der Waals surface area contributed by atoms with E-state index >= 15 is 0 Å². The van der Waals surface area contributed by atoms with Crippen LogP contribution in [0.2, 0.25) is 0 Å². The average molecular weight is 323 g/mol. The molecule has 0 N–H and O–H groups in total. The molecule has 5 heteroatoms. The van der Waals surface area contributed by atoms with Gasteiger partial charge in [0.1, 0.15) is 15.7 Å². The molecule has 0 spiro atoms. The third-order valence-corrected chi connectivity index (χ3v) is 4.46. The van der Waals surface area contributed by atoms with Gasteiger partial charge in [-0.05, 0) is 12.1 Å². The van der Waals surface area contributed by atoms with Gasteiger partial charge in [-0.3, -0.25) is 0 Å². The Hall–Kier alpha value is -1.04. The molecule has 3 aromatic rings. The summed E-state index contributed by atoms with van der Waals surface area (Å²) in [6.45, 7) is 0. The molecule has 0 radical (unpaired) electrons. The number of halogens is 1. The first-order valence-electron chi connectivity index (χ1n) is 4.94. The summed E-state index contributed by atoms with van der Waals surface area (Å²) < 4.78 is 1.08. The highest BCUT2D eigenvalue weighted by Gasteiger charge is 2.07. The number of nitrogens with zero attached hydrogens (tertiary/aromatic N) is 2. The van der Waals surface area contributed by atoms with E-state index in [0.717, 1.165) is 25.7 Å². The van der Waals surface area contributed by atoms with Gasteiger partial charge in [-0.25, -0.2) is 9.97 Å². The van der Waals surface area contributed by atoms with E-state index in [1.165, 1.54) is 0 Å². The first kappa shape index (κ1) is 11.1. The maximum atomic E-state index is 4.60. The number of hydrogen-bond acceptors (Lipinski definition) is 4. The number of hydrogen-bond donors (Lipinski definition) is 0. The molecular weight excluding hydrogens is 316 g/mol. The van der Waals surface area contributed by atoms with E-state index < -0.39 is 0 Å². The molecule has 0 unspecified atom stereocenters. The average Bonchev–Trinajstić information content (AvgIpc) is 3.00. The third-order valence-electron chi connectivity index (χ3n) is 2.25. The summed E-state index contributed by atoms with van der Waals surface area (Å²) in [5.74, 6) is 0. The molecular formula is C12H7BrN2S2. The SMILES string of the molecule is Brc1ccc(-c2nc(-c3nccs3)cs2)cc1. The van der Waals surface area contributed by atoms with E-state index in [0.29, 0.717) is 0 Å². The minimum Gasteiger partial charge on any atom is -0.243 e.